The number of hydrogen-bond acceptors (Lipinski definition) is 6. The highest BCUT2D eigenvalue weighted by molar-refractivity contribution is 5.86. The molecule has 7 heteroatoms. The molecule has 1 aromatic carbocycles. The largest absolute Gasteiger partial charge is 0.390 e. The van der Waals surface area contributed by atoms with E-state index in [1.807, 2.05) is 16.8 Å². The van der Waals surface area contributed by atoms with Crippen LogP contribution in [0, 0.1) is 5.92 Å². The van der Waals surface area contributed by atoms with Gasteiger partial charge in [0.1, 0.15) is 23.9 Å². The Kier molecular flexibility index (Phi) is 4.90. The summed E-state index contributed by atoms with van der Waals surface area (Å²) in [5.41, 5.74) is 11.7. The third kappa shape index (κ3) is 3.37. The zero-order chi connectivity index (χ0) is 23.6. The molecule has 4 N–H and O–H groups in total. The van der Waals surface area contributed by atoms with Gasteiger partial charge >= 0.3 is 0 Å². The van der Waals surface area contributed by atoms with E-state index in [0.717, 1.165) is 36.6 Å². The van der Waals surface area contributed by atoms with Crippen LogP contribution in [0.3, 0.4) is 0 Å². The van der Waals surface area contributed by atoms with Crippen molar-refractivity contribution in [3.05, 3.63) is 59.7 Å². The second-order valence-corrected chi connectivity index (χ2v) is 10.7. The number of pyridine rings is 1. The van der Waals surface area contributed by atoms with Crippen molar-refractivity contribution in [2.45, 2.75) is 69.6 Å². The number of fused-ring (bicyclic) bond motifs is 3. The van der Waals surface area contributed by atoms with Crippen molar-refractivity contribution in [3.63, 3.8) is 0 Å². The summed E-state index contributed by atoms with van der Waals surface area (Å²) < 4.78 is 1.93. The highest BCUT2D eigenvalue weighted by Gasteiger charge is 2.42. The lowest BCUT2D eigenvalue weighted by molar-refractivity contribution is 0.00545. The Morgan fingerprint density at radius 2 is 1.97 bits per heavy atom. The minimum absolute atomic E-state index is 0.00103. The lowest BCUT2D eigenvalue weighted by Crippen LogP contribution is -2.29. The van der Waals surface area contributed by atoms with Gasteiger partial charge in [0.15, 0.2) is 0 Å². The number of aliphatic hydroxyl groups is 2. The summed E-state index contributed by atoms with van der Waals surface area (Å²) in [5, 5.41) is 23.6. The molecular weight excluding hydrogens is 426 g/mol. The van der Waals surface area contributed by atoms with Crippen LogP contribution >= 0.6 is 0 Å². The fourth-order valence-electron chi connectivity index (χ4n) is 6.02. The van der Waals surface area contributed by atoms with Crippen LogP contribution in [0.25, 0.3) is 21.9 Å². The molecule has 0 unspecified atom stereocenters. The Hall–Kier alpha value is -3.03. The molecule has 3 aromatic heterocycles. The van der Waals surface area contributed by atoms with Crippen molar-refractivity contribution in [1.82, 2.24) is 19.5 Å². The van der Waals surface area contributed by atoms with E-state index in [-0.39, 0.29) is 17.4 Å². The van der Waals surface area contributed by atoms with Crippen LogP contribution in [0.2, 0.25) is 0 Å². The molecular formula is C27H31N5O2. The maximum Gasteiger partial charge on any atom is 0.145 e. The third-order valence-corrected chi connectivity index (χ3v) is 8.15. The highest BCUT2D eigenvalue weighted by Crippen LogP contribution is 2.41. The first-order chi connectivity index (χ1) is 16.3. The van der Waals surface area contributed by atoms with Crippen LogP contribution in [-0.2, 0) is 18.3 Å². The fourth-order valence-corrected chi connectivity index (χ4v) is 6.02. The minimum atomic E-state index is -0.846. The molecule has 176 valence electrons. The van der Waals surface area contributed by atoms with Crippen molar-refractivity contribution >= 4 is 27.8 Å². The number of nitrogen functional groups attached to an aromatic ring is 1. The van der Waals surface area contributed by atoms with Crippen LogP contribution in [0.1, 0.15) is 56.0 Å². The minimum Gasteiger partial charge on any atom is -0.390 e. The Morgan fingerprint density at radius 1 is 1.12 bits per heavy atom. The van der Waals surface area contributed by atoms with Gasteiger partial charge in [-0.15, -0.1) is 0 Å². The Bertz CT molecular complexity index is 1390. The van der Waals surface area contributed by atoms with Crippen LogP contribution in [-0.4, -0.2) is 41.9 Å². The van der Waals surface area contributed by atoms with Crippen LogP contribution in [0.15, 0.2) is 42.9 Å². The Balaban J connectivity index is 1.20. The quantitative estimate of drug-likeness (QED) is 0.431. The van der Waals surface area contributed by atoms with E-state index in [4.69, 9.17) is 10.7 Å². The van der Waals surface area contributed by atoms with Crippen LogP contribution < -0.4 is 5.73 Å². The molecule has 0 saturated heterocycles. The predicted octanol–water partition coefficient (Wildman–Crippen LogP) is 3.70. The molecule has 0 amide bonds. The van der Waals surface area contributed by atoms with E-state index in [0.29, 0.717) is 17.9 Å². The zero-order valence-corrected chi connectivity index (χ0v) is 19.6. The Labute approximate surface area is 198 Å². The number of nitrogens with zero attached hydrogens (tertiary/aromatic N) is 4. The highest BCUT2D eigenvalue weighted by atomic mass is 16.3. The molecule has 0 aliphatic heterocycles. The van der Waals surface area contributed by atoms with E-state index in [9.17, 15) is 10.2 Å². The molecule has 0 bridgehead atoms. The average Bonchev–Trinajstić information content (AvgIpc) is 3.46. The summed E-state index contributed by atoms with van der Waals surface area (Å²) in [7, 11) is 0. The van der Waals surface area contributed by atoms with E-state index in [1.54, 1.807) is 0 Å². The summed E-state index contributed by atoms with van der Waals surface area (Å²) >= 11 is 0. The molecule has 1 fully saturated rings. The molecule has 4 atom stereocenters. The summed E-state index contributed by atoms with van der Waals surface area (Å²) in [5.74, 6) is 0.425. The number of aliphatic hydroxyl groups excluding tert-OH is 2. The second kappa shape index (κ2) is 7.75. The second-order valence-electron chi connectivity index (χ2n) is 10.7. The topological polar surface area (TPSA) is 110 Å². The number of aryl methyl sites for hydroxylation is 2. The van der Waals surface area contributed by atoms with E-state index < -0.39 is 12.2 Å². The zero-order valence-electron chi connectivity index (χ0n) is 19.6. The first-order valence-corrected chi connectivity index (χ1v) is 12.2. The number of anilines is 1. The van der Waals surface area contributed by atoms with Gasteiger partial charge in [-0.1, -0.05) is 26.0 Å². The van der Waals surface area contributed by atoms with Gasteiger partial charge in [-0.2, -0.15) is 0 Å². The SMILES string of the molecule is CC1(C)CCc2nc3cc(CC[C@H]4C[C@@H](n5ccc6c(N)ncnc65)[C@H](O)[C@@H]4O)ccc3cc21. The monoisotopic (exact) mass is 457 g/mol. The predicted molar refractivity (Wildman–Crippen MR) is 133 cm³/mol. The molecule has 0 radical (unpaired) electrons. The number of benzene rings is 1. The Morgan fingerprint density at radius 3 is 2.82 bits per heavy atom. The molecule has 1 saturated carbocycles. The van der Waals surface area contributed by atoms with Gasteiger partial charge in [-0.3, -0.25) is 4.98 Å². The summed E-state index contributed by atoms with van der Waals surface area (Å²) in [6.45, 7) is 4.60. The maximum absolute atomic E-state index is 10.8. The molecule has 0 spiro atoms. The number of rotatable bonds is 4. The maximum atomic E-state index is 10.8. The lowest BCUT2D eigenvalue weighted by atomic mass is 9.86. The average molecular weight is 458 g/mol. The van der Waals surface area contributed by atoms with Crippen LogP contribution in [0.4, 0.5) is 5.82 Å². The van der Waals surface area contributed by atoms with Gasteiger partial charge in [0.25, 0.3) is 0 Å². The molecule has 4 aromatic rings. The summed E-state index contributed by atoms with van der Waals surface area (Å²) in [6.07, 6.45) is 6.21. The van der Waals surface area contributed by atoms with Crippen molar-refractivity contribution < 1.29 is 10.2 Å². The normalized spacial score (nSPS) is 25.9. The van der Waals surface area contributed by atoms with Gasteiger partial charge in [0.05, 0.1) is 23.0 Å². The smallest absolute Gasteiger partial charge is 0.145 e. The third-order valence-electron chi connectivity index (χ3n) is 8.15. The van der Waals surface area contributed by atoms with Crippen molar-refractivity contribution in [2.75, 3.05) is 5.73 Å². The molecule has 2 aliphatic carbocycles. The molecule has 6 rings (SSSR count). The van der Waals surface area contributed by atoms with Gasteiger partial charge < -0.3 is 20.5 Å². The van der Waals surface area contributed by atoms with Crippen molar-refractivity contribution in [2.24, 2.45) is 5.92 Å². The van der Waals surface area contributed by atoms with E-state index in [2.05, 4.69) is 48.1 Å². The van der Waals surface area contributed by atoms with Gasteiger partial charge in [0.2, 0.25) is 0 Å². The van der Waals surface area contributed by atoms with Gasteiger partial charge in [-0.25, -0.2) is 9.97 Å². The number of hydrogen-bond donors (Lipinski definition) is 3. The number of aromatic nitrogens is 4. The van der Waals surface area contributed by atoms with E-state index in [1.165, 1.54) is 28.5 Å². The summed E-state index contributed by atoms with van der Waals surface area (Å²) in [6, 6.07) is 10.5. The van der Waals surface area contributed by atoms with E-state index >= 15 is 0 Å². The molecule has 3 heterocycles. The fraction of sp³-hybridized carbons (Fsp3) is 0.444. The van der Waals surface area contributed by atoms with Crippen molar-refractivity contribution in [3.8, 4) is 0 Å². The van der Waals surface area contributed by atoms with Gasteiger partial charge in [-0.05, 0) is 72.8 Å². The van der Waals surface area contributed by atoms with Crippen LogP contribution in [0.5, 0.6) is 0 Å². The molecule has 34 heavy (non-hydrogen) atoms. The number of nitrogens with two attached hydrogens (primary N) is 1. The molecule has 2 aliphatic rings. The first kappa shape index (κ1) is 21.5. The van der Waals surface area contributed by atoms with Crippen molar-refractivity contribution in [1.29, 1.82) is 0 Å². The first-order valence-electron chi connectivity index (χ1n) is 12.2. The standard InChI is InChI=1S/C27H31N5O2/c1-27(2)9-7-20-19(27)12-16-5-3-15(11-21(16)31-20)4-6-17-13-22(24(34)23(17)33)32-10-8-18-25(28)29-14-30-26(18)32/h3,5,8,10-12,14,17,22-24,33-34H,4,6-7,9,13H2,1-2H3,(H2,28,29,30)/t17-,22+,23+,24-/m0/s1. The van der Waals surface area contributed by atoms with Gasteiger partial charge in [0, 0.05) is 17.3 Å². The lowest BCUT2D eigenvalue weighted by Gasteiger charge is -2.19. The molecule has 7 nitrogen and oxygen atoms in total. The summed E-state index contributed by atoms with van der Waals surface area (Å²) in [4.78, 5) is 13.4.